The lowest BCUT2D eigenvalue weighted by Crippen LogP contribution is -2.50. The van der Waals surface area contributed by atoms with Crippen LogP contribution in [0.15, 0.2) is 30.5 Å². The summed E-state index contributed by atoms with van der Waals surface area (Å²) in [5, 5.41) is 13.5. The van der Waals surface area contributed by atoms with Gasteiger partial charge in [-0.1, -0.05) is 19.9 Å². The van der Waals surface area contributed by atoms with Crippen LogP contribution >= 0.6 is 0 Å². The van der Waals surface area contributed by atoms with E-state index in [9.17, 15) is 14.4 Å². The van der Waals surface area contributed by atoms with Crippen molar-refractivity contribution in [3.8, 4) is 5.75 Å². The second-order valence-corrected chi connectivity index (χ2v) is 12.5. The maximum Gasteiger partial charge on any atom is 0.318 e. The van der Waals surface area contributed by atoms with Crippen molar-refractivity contribution in [2.75, 3.05) is 18.5 Å². The summed E-state index contributed by atoms with van der Waals surface area (Å²) in [5.74, 6) is 1.58. The molecule has 0 spiro atoms. The molecule has 40 heavy (non-hydrogen) atoms. The zero-order chi connectivity index (χ0) is 28.1. The third-order valence-electron chi connectivity index (χ3n) is 8.86. The summed E-state index contributed by atoms with van der Waals surface area (Å²) in [6.07, 6.45) is 6.01. The first-order valence-corrected chi connectivity index (χ1v) is 14.7. The highest BCUT2D eigenvalue weighted by Crippen LogP contribution is 2.51. The summed E-state index contributed by atoms with van der Waals surface area (Å²) >= 11 is 0. The van der Waals surface area contributed by atoms with Crippen LogP contribution in [0.1, 0.15) is 81.5 Å². The number of nitrogens with one attached hydrogen (secondary N) is 3. The molecule has 1 aromatic carbocycles. The number of benzene rings is 1. The van der Waals surface area contributed by atoms with Crippen LogP contribution in [-0.2, 0) is 4.79 Å². The Morgan fingerprint density at radius 1 is 1.07 bits per heavy atom. The SMILES string of the molecule is CC(C)[C@@H]1CN([C@@H]2COc3cc(NC(=O)[C@@H](NC(=O)c4ccnn4C(C)C)C(C4CC4)C4CC4)ccc32)C(=O)N1. The van der Waals surface area contributed by atoms with E-state index < -0.39 is 6.04 Å². The van der Waals surface area contributed by atoms with Gasteiger partial charge >= 0.3 is 6.03 Å². The number of urea groups is 1. The van der Waals surface area contributed by atoms with E-state index in [0.717, 1.165) is 31.2 Å². The molecular formula is C30H40N6O4. The van der Waals surface area contributed by atoms with Gasteiger partial charge in [0, 0.05) is 36.1 Å². The Bertz CT molecular complexity index is 1280. The van der Waals surface area contributed by atoms with Crippen molar-refractivity contribution in [2.45, 2.75) is 77.5 Å². The molecule has 0 radical (unpaired) electrons. The number of ether oxygens (including phenoxy) is 1. The fourth-order valence-electron chi connectivity index (χ4n) is 6.33. The predicted octanol–water partition coefficient (Wildman–Crippen LogP) is 4.12. The number of nitrogens with zero attached hydrogens (tertiary/aromatic N) is 3. The Morgan fingerprint density at radius 3 is 2.42 bits per heavy atom. The average Bonchev–Trinajstić information content (AvgIpc) is 3.80. The summed E-state index contributed by atoms with van der Waals surface area (Å²) < 4.78 is 7.68. The standard InChI is InChI=1S/C30H40N6O4/c1-16(2)22-14-35(30(39)33-22)24-15-40-25-13-20(9-10-21(24)25)32-29(38)27(26(18-5-6-18)19-7-8-19)34-28(37)23-11-12-31-36(23)17(3)4/h9-13,16-19,22,24,26-27H,5-8,14-15H2,1-4H3,(H,32,38)(H,33,39)(H,34,37)/t22-,24+,27-/m0/s1. The Morgan fingerprint density at radius 2 is 1.80 bits per heavy atom. The Labute approximate surface area is 235 Å². The van der Waals surface area contributed by atoms with Gasteiger partial charge in [0.05, 0.1) is 12.1 Å². The molecule has 2 aliphatic carbocycles. The van der Waals surface area contributed by atoms with E-state index in [0.29, 0.717) is 48.0 Å². The van der Waals surface area contributed by atoms with Crippen LogP contribution in [0, 0.1) is 23.7 Å². The summed E-state index contributed by atoms with van der Waals surface area (Å²) in [6, 6.07) is 6.62. The number of hydrogen-bond donors (Lipinski definition) is 3. The number of aromatic nitrogens is 2. The number of amides is 4. The molecule has 10 heteroatoms. The Kier molecular flexibility index (Phi) is 6.96. The van der Waals surface area contributed by atoms with Crippen molar-refractivity contribution in [3.05, 3.63) is 41.7 Å². The summed E-state index contributed by atoms with van der Waals surface area (Å²) in [4.78, 5) is 41.7. The fraction of sp³-hybridized carbons (Fsp3) is 0.600. The molecule has 0 bridgehead atoms. The summed E-state index contributed by atoms with van der Waals surface area (Å²) in [6.45, 7) is 9.19. The van der Waals surface area contributed by atoms with Crippen molar-refractivity contribution in [1.29, 1.82) is 0 Å². The second-order valence-electron chi connectivity index (χ2n) is 12.5. The van der Waals surface area contributed by atoms with Crippen molar-refractivity contribution in [3.63, 3.8) is 0 Å². The van der Waals surface area contributed by atoms with Crippen LogP contribution in [0.2, 0.25) is 0 Å². The molecule has 1 saturated heterocycles. The minimum Gasteiger partial charge on any atom is -0.491 e. The van der Waals surface area contributed by atoms with Crippen molar-refractivity contribution < 1.29 is 19.1 Å². The highest BCUT2D eigenvalue weighted by Gasteiger charge is 2.48. The van der Waals surface area contributed by atoms with Crippen molar-refractivity contribution in [2.24, 2.45) is 23.7 Å². The topological polar surface area (TPSA) is 118 Å². The van der Waals surface area contributed by atoms with Gasteiger partial charge < -0.3 is 25.6 Å². The molecule has 3 N–H and O–H groups in total. The first-order valence-electron chi connectivity index (χ1n) is 14.7. The number of carbonyl (C=O) groups excluding carboxylic acids is 3. The van der Waals surface area contributed by atoms with Gasteiger partial charge in [-0.25, -0.2) is 4.79 Å². The third-order valence-corrected chi connectivity index (χ3v) is 8.86. The van der Waals surface area contributed by atoms with Crippen LogP contribution in [0.5, 0.6) is 5.75 Å². The van der Waals surface area contributed by atoms with E-state index in [2.05, 4.69) is 34.9 Å². The van der Waals surface area contributed by atoms with Crippen molar-refractivity contribution in [1.82, 2.24) is 25.3 Å². The van der Waals surface area contributed by atoms with Gasteiger partial charge in [0.1, 0.15) is 24.1 Å². The van der Waals surface area contributed by atoms with Crippen LogP contribution in [-0.4, -0.2) is 57.8 Å². The molecule has 3 heterocycles. The first-order chi connectivity index (χ1) is 19.2. The lowest BCUT2D eigenvalue weighted by atomic mass is 9.88. The fourth-order valence-corrected chi connectivity index (χ4v) is 6.33. The molecule has 1 aromatic heterocycles. The van der Waals surface area contributed by atoms with Gasteiger partial charge in [-0.05, 0) is 75.3 Å². The second kappa shape index (κ2) is 10.4. The summed E-state index contributed by atoms with van der Waals surface area (Å²) in [7, 11) is 0. The lowest BCUT2D eigenvalue weighted by molar-refractivity contribution is -0.119. The highest BCUT2D eigenvalue weighted by molar-refractivity contribution is 6.01. The third kappa shape index (κ3) is 5.15. The minimum absolute atomic E-state index is 0.0313. The molecule has 3 fully saturated rings. The van der Waals surface area contributed by atoms with E-state index in [1.54, 1.807) is 16.9 Å². The smallest absolute Gasteiger partial charge is 0.318 e. The highest BCUT2D eigenvalue weighted by atomic mass is 16.5. The molecule has 0 unspecified atom stereocenters. The monoisotopic (exact) mass is 548 g/mol. The van der Waals surface area contributed by atoms with Gasteiger partial charge in [-0.15, -0.1) is 0 Å². The van der Waals surface area contributed by atoms with Crippen LogP contribution in [0.3, 0.4) is 0 Å². The molecule has 4 aliphatic rings. The van der Waals surface area contributed by atoms with E-state index in [1.807, 2.05) is 36.9 Å². The van der Waals surface area contributed by atoms with Gasteiger partial charge in [-0.2, -0.15) is 5.10 Å². The van der Waals surface area contributed by atoms with E-state index in [-0.39, 0.29) is 41.9 Å². The Balaban J connectivity index is 1.19. The normalized spacial score (nSPS) is 22.9. The van der Waals surface area contributed by atoms with E-state index in [1.165, 1.54) is 0 Å². The van der Waals surface area contributed by atoms with Gasteiger partial charge in [0.25, 0.3) is 5.91 Å². The molecular weight excluding hydrogens is 508 g/mol. The first kappa shape index (κ1) is 26.7. The minimum atomic E-state index is -0.633. The molecule has 4 amide bonds. The van der Waals surface area contributed by atoms with Gasteiger partial charge in [-0.3, -0.25) is 14.3 Å². The molecule has 6 rings (SSSR count). The summed E-state index contributed by atoms with van der Waals surface area (Å²) in [5.41, 5.74) is 2.02. The molecule has 2 aliphatic heterocycles. The number of rotatable bonds is 10. The number of anilines is 1. The van der Waals surface area contributed by atoms with Gasteiger partial charge in [0.15, 0.2) is 0 Å². The predicted molar refractivity (Wildman–Crippen MR) is 150 cm³/mol. The van der Waals surface area contributed by atoms with Crippen LogP contribution < -0.4 is 20.7 Å². The maximum atomic E-state index is 13.8. The quantitative estimate of drug-likeness (QED) is 0.413. The molecule has 10 nitrogen and oxygen atoms in total. The average molecular weight is 549 g/mol. The maximum absolute atomic E-state index is 13.8. The van der Waals surface area contributed by atoms with E-state index >= 15 is 0 Å². The zero-order valence-corrected chi connectivity index (χ0v) is 23.7. The molecule has 2 aromatic rings. The largest absolute Gasteiger partial charge is 0.491 e. The lowest BCUT2D eigenvalue weighted by Gasteiger charge is -2.28. The van der Waals surface area contributed by atoms with Crippen molar-refractivity contribution >= 4 is 23.5 Å². The van der Waals surface area contributed by atoms with Crippen LogP contribution in [0.25, 0.3) is 0 Å². The number of carbonyl (C=O) groups is 3. The van der Waals surface area contributed by atoms with Crippen LogP contribution in [0.4, 0.5) is 10.5 Å². The number of hydrogen-bond acceptors (Lipinski definition) is 5. The molecule has 2 saturated carbocycles. The van der Waals surface area contributed by atoms with Gasteiger partial charge in [0.2, 0.25) is 5.91 Å². The number of fused-ring (bicyclic) bond motifs is 1. The molecule has 3 atom stereocenters. The zero-order valence-electron chi connectivity index (χ0n) is 23.7. The van der Waals surface area contributed by atoms with E-state index in [4.69, 9.17) is 4.74 Å². The molecule has 214 valence electrons. The Hall–Kier alpha value is -3.56.